The molecule has 0 aromatic heterocycles. The summed E-state index contributed by atoms with van der Waals surface area (Å²) in [7, 11) is 1.57. The minimum atomic E-state index is -0.351. The lowest BCUT2D eigenvalue weighted by molar-refractivity contribution is 0.00578. The quantitative estimate of drug-likeness (QED) is 0.854. The summed E-state index contributed by atoms with van der Waals surface area (Å²) in [6, 6.07) is 5.90. The van der Waals surface area contributed by atoms with Gasteiger partial charge in [0.25, 0.3) is 0 Å². The minimum absolute atomic E-state index is 0.339. The topological polar surface area (TPSA) is 30.5 Å². The van der Waals surface area contributed by atoms with Crippen molar-refractivity contribution in [2.75, 3.05) is 13.6 Å². The molecule has 0 saturated carbocycles. The molecule has 0 unspecified atom stereocenters. The fourth-order valence-corrected chi connectivity index (χ4v) is 2.55. The zero-order chi connectivity index (χ0) is 16.5. The number of halogens is 1. The van der Waals surface area contributed by atoms with Gasteiger partial charge >= 0.3 is 7.12 Å². The molecule has 1 aromatic carbocycles. The van der Waals surface area contributed by atoms with E-state index in [1.54, 1.807) is 0 Å². The molecule has 0 aliphatic carbocycles. The van der Waals surface area contributed by atoms with Crippen LogP contribution in [0.2, 0.25) is 5.02 Å². The molecule has 22 heavy (non-hydrogen) atoms. The van der Waals surface area contributed by atoms with Gasteiger partial charge < -0.3 is 14.6 Å². The normalized spacial score (nSPS) is 20.5. The van der Waals surface area contributed by atoms with E-state index < -0.39 is 0 Å². The van der Waals surface area contributed by atoms with Crippen molar-refractivity contribution < 1.29 is 9.31 Å². The van der Waals surface area contributed by atoms with Crippen LogP contribution in [0, 0.1) is 6.92 Å². The highest BCUT2D eigenvalue weighted by atomic mass is 35.5. The van der Waals surface area contributed by atoms with E-state index in [0.29, 0.717) is 6.54 Å². The van der Waals surface area contributed by atoms with Gasteiger partial charge in [-0.3, -0.25) is 0 Å². The molecule has 2 rings (SSSR count). The van der Waals surface area contributed by atoms with Gasteiger partial charge in [-0.15, -0.1) is 0 Å². The van der Waals surface area contributed by atoms with Crippen LogP contribution in [0.25, 0.3) is 6.08 Å². The summed E-state index contributed by atoms with van der Waals surface area (Å²) in [5.74, 6) is 0. The van der Waals surface area contributed by atoms with Gasteiger partial charge in [0.05, 0.1) is 11.2 Å². The van der Waals surface area contributed by atoms with E-state index in [1.165, 1.54) is 5.56 Å². The first-order valence-electron chi connectivity index (χ1n) is 7.63. The summed E-state index contributed by atoms with van der Waals surface area (Å²) in [6.07, 6.45) is 2.11. The van der Waals surface area contributed by atoms with Crippen molar-refractivity contribution in [3.8, 4) is 0 Å². The summed E-state index contributed by atoms with van der Waals surface area (Å²) in [4.78, 5) is 0. The second-order valence-corrected chi connectivity index (χ2v) is 7.28. The van der Waals surface area contributed by atoms with Crippen molar-refractivity contribution >= 4 is 24.8 Å². The van der Waals surface area contributed by atoms with Crippen LogP contribution < -0.4 is 5.32 Å². The highest BCUT2D eigenvalue weighted by molar-refractivity contribution is 6.56. The average molecular weight is 322 g/mol. The average Bonchev–Trinajstić information content (AvgIpc) is 2.62. The van der Waals surface area contributed by atoms with Gasteiger partial charge in [0, 0.05) is 11.6 Å². The molecule has 1 heterocycles. The molecule has 0 amide bonds. The van der Waals surface area contributed by atoms with E-state index >= 15 is 0 Å². The van der Waals surface area contributed by atoms with Crippen molar-refractivity contribution in [1.82, 2.24) is 5.32 Å². The van der Waals surface area contributed by atoms with Gasteiger partial charge in [0.1, 0.15) is 0 Å². The smallest absolute Gasteiger partial charge is 0.400 e. The fraction of sp³-hybridized carbons (Fsp3) is 0.529. The first kappa shape index (κ1) is 17.5. The summed E-state index contributed by atoms with van der Waals surface area (Å²) in [5.41, 5.74) is 2.65. The lowest BCUT2D eigenvalue weighted by Gasteiger charge is -2.32. The molecule has 1 aromatic rings. The Labute approximate surface area is 139 Å². The van der Waals surface area contributed by atoms with Crippen LogP contribution in [0.5, 0.6) is 0 Å². The summed E-state index contributed by atoms with van der Waals surface area (Å²) in [5, 5.41) is 3.92. The summed E-state index contributed by atoms with van der Waals surface area (Å²) < 4.78 is 12.3. The Morgan fingerprint density at radius 3 is 2.36 bits per heavy atom. The Bertz CT molecular complexity index is 568. The van der Waals surface area contributed by atoms with Gasteiger partial charge in [-0.2, -0.15) is 0 Å². The predicted molar refractivity (Wildman–Crippen MR) is 94.2 cm³/mol. The van der Waals surface area contributed by atoms with Crippen molar-refractivity contribution in [2.24, 2.45) is 0 Å². The Kier molecular flexibility index (Phi) is 5.08. The number of benzene rings is 1. The van der Waals surface area contributed by atoms with Gasteiger partial charge in [0.15, 0.2) is 0 Å². The Balaban J connectivity index is 2.35. The van der Waals surface area contributed by atoms with Gasteiger partial charge in [-0.05, 0) is 70.4 Å². The minimum Gasteiger partial charge on any atom is -0.400 e. The molecule has 1 saturated heterocycles. The van der Waals surface area contributed by atoms with Crippen molar-refractivity contribution in [2.45, 2.75) is 45.8 Å². The molecular weight excluding hydrogens is 296 g/mol. The zero-order valence-corrected chi connectivity index (χ0v) is 15.0. The van der Waals surface area contributed by atoms with E-state index in [9.17, 15) is 0 Å². The third-order valence-corrected chi connectivity index (χ3v) is 4.75. The molecule has 1 aliphatic heterocycles. The molecule has 3 nitrogen and oxygen atoms in total. The second kappa shape index (κ2) is 6.36. The van der Waals surface area contributed by atoms with Crippen LogP contribution >= 0.6 is 11.6 Å². The maximum Gasteiger partial charge on any atom is 0.491 e. The van der Waals surface area contributed by atoms with Crippen molar-refractivity contribution in [3.05, 3.63) is 39.8 Å². The van der Waals surface area contributed by atoms with Crippen LogP contribution in [-0.2, 0) is 9.31 Å². The SMILES string of the molecule is CNCC(=Cc1cc(Cl)ccc1C)B1OC(C)(C)C(C)(C)O1. The van der Waals surface area contributed by atoms with Gasteiger partial charge in [-0.25, -0.2) is 0 Å². The molecular formula is C17H25BClNO2. The van der Waals surface area contributed by atoms with Crippen LogP contribution in [0.15, 0.2) is 23.7 Å². The molecule has 1 aliphatic rings. The monoisotopic (exact) mass is 321 g/mol. The molecule has 0 bridgehead atoms. The van der Waals surface area contributed by atoms with Crippen molar-refractivity contribution in [3.63, 3.8) is 0 Å². The lowest BCUT2D eigenvalue weighted by atomic mass is 9.76. The molecule has 0 atom stereocenters. The largest absolute Gasteiger partial charge is 0.491 e. The maximum absolute atomic E-state index is 6.16. The first-order valence-corrected chi connectivity index (χ1v) is 8.01. The molecule has 120 valence electrons. The number of likely N-dealkylation sites (N-methyl/N-ethyl adjacent to an activating group) is 1. The Morgan fingerprint density at radius 2 is 1.82 bits per heavy atom. The lowest BCUT2D eigenvalue weighted by Crippen LogP contribution is -2.41. The van der Waals surface area contributed by atoms with E-state index in [-0.39, 0.29) is 18.3 Å². The highest BCUT2D eigenvalue weighted by Gasteiger charge is 2.52. The maximum atomic E-state index is 6.16. The van der Waals surface area contributed by atoms with E-state index in [2.05, 4.69) is 46.0 Å². The third kappa shape index (κ3) is 3.57. The van der Waals surface area contributed by atoms with Crippen molar-refractivity contribution in [1.29, 1.82) is 0 Å². The van der Waals surface area contributed by atoms with Crippen LogP contribution in [0.1, 0.15) is 38.8 Å². The van der Waals surface area contributed by atoms with E-state index in [0.717, 1.165) is 16.1 Å². The highest BCUT2D eigenvalue weighted by Crippen LogP contribution is 2.38. The molecule has 1 N–H and O–H groups in total. The summed E-state index contributed by atoms with van der Waals surface area (Å²) in [6.45, 7) is 11.0. The fourth-order valence-electron chi connectivity index (χ4n) is 2.37. The predicted octanol–water partition coefficient (Wildman–Crippen LogP) is 3.88. The first-order chi connectivity index (χ1) is 10.2. The third-order valence-electron chi connectivity index (χ3n) is 4.52. The second-order valence-electron chi connectivity index (χ2n) is 6.84. The molecule has 5 heteroatoms. The number of hydrogen-bond donors (Lipinski definition) is 1. The van der Waals surface area contributed by atoms with E-state index in [4.69, 9.17) is 20.9 Å². The number of aryl methyl sites for hydroxylation is 1. The number of hydrogen-bond acceptors (Lipinski definition) is 3. The number of nitrogens with one attached hydrogen (secondary N) is 1. The van der Waals surface area contributed by atoms with Crippen LogP contribution in [0.4, 0.5) is 0 Å². The molecule has 0 radical (unpaired) electrons. The Hall–Kier alpha value is -0.805. The van der Waals surface area contributed by atoms with Gasteiger partial charge in [0.2, 0.25) is 0 Å². The Morgan fingerprint density at radius 1 is 1.23 bits per heavy atom. The van der Waals surface area contributed by atoms with E-state index in [1.807, 2.05) is 25.2 Å². The van der Waals surface area contributed by atoms with Crippen LogP contribution in [0.3, 0.4) is 0 Å². The standard InChI is InChI=1S/C17H25BClNO2/c1-12-7-8-15(19)10-13(12)9-14(11-20-6)18-21-16(2,3)17(4,5)22-18/h7-10,20H,11H2,1-6H3. The van der Waals surface area contributed by atoms with Gasteiger partial charge in [-0.1, -0.05) is 23.7 Å². The molecule has 0 spiro atoms. The zero-order valence-electron chi connectivity index (χ0n) is 14.3. The molecule has 1 fully saturated rings. The summed E-state index contributed by atoms with van der Waals surface area (Å²) >= 11 is 6.12. The van der Waals surface area contributed by atoms with Crippen LogP contribution in [-0.4, -0.2) is 31.9 Å². The number of rotatable bonds is 4.